The van der Waals surface area contributed by atoms with Gasteiger partial charge in [0.05, 0.1) is 5.92 Å². The first-order chi connectivity index (χ1) is 9.43. The van der Waals surface area contributed by atoms with Crippen LogP contribution in [0.5, 0.6) is 0 Å². The smallest absolute Gasteiger partial charge is 0.319 e. The zero-order valence-corrected chi connectivity index (χ0v) is 12.1. The summed E-state index contributed by atoms with van der Waals surface area (Å²) >= 11 is 0. The van der Waals surface area contributed by atoms with Crippen molar-refractivity contribution in [2.24, 2.45) is 11.8 Å². The number of hydrogen-bond acceptors (Lipinski definition) is 2. The molecule has 0 spiro atoms. The molecule has 110 valence electrons. The first kappa shape index (κ1) is 16.0. The van der Waals surface area contributed by atoms with Crippen molar-refractivity contribution in [1.29, 1.82) is 0 Å². The Kier molecular flexibility index (Phi) is 6.03. The number of urea groups is 1. The summed E-state index contributed by atoms with van der Waals surface area (Å²) in [5.74, 6) is -1.51. The molecule has 0 saturated carbocycles. The summed E-state index contributed by atoms with van der Waals surface area (Å²) in [5.41, 5.74) is 1.84. The number of benzene rings is 1. The molecule has 1 aromatic rings. The number of rotatable bonds is 6. The van der Waals surface area contributed by atoms with Crippen LogP contribution in [0.25, 0.3) is 0 Å². The van der Waals surface area contributed by atoms with Crippen LogP contribution < -0.4 is 10.6 Å². The maximum absolute atomic E-state index is 11.7. The fraction of sp³-hybridized carbons (Fsp3) is 0.467. The van der Waals surface area contributed by atoms with Crippen LogP contribution in [0.2, 0.25) is 0 Å². The minimum absolute atomic E-state index is 0.0313. The number of aliphatic carboxylic acids is 1. The molecule has 1 atom stereocenters. The van der Waals surface area contributed by atoms with Crippen molar-refractivity contribution in [3.05, 3.63) is 29.8 Å². The van der Waals surface area contributed by atoms with E-state index in [4.69, 9.17) is 5.11 Å². The SMILES string of the molecule is CCc1cccc(NC(=O)NCC(C(=O)O)C(C)C)c1. The lowest BCUT2D eigenvalue weighted by Crippen LogP contribution is -2.37. The molecule has 1 rings (SSSR count). The van der Waals surface area contributed by atoms with E-state index in [2.05, 4.69) is 10.6 Å². The van der Waals surface area contributed by atoms with Gasteiger partial charge in [0.25, 0.3) is 0 Å². The summed E-state index contributed by atoms with van der Waals surface area (Å²) < 4.78 is 0. The lowest BCUT2D eigenvalue weighted by Gasteiger charge is -2.17. The van der Waals surface area contributed by atoms with Crippen molar-refractivity contribution in [2.75, 3.05) is 11.9 Å². The molecule has 0 radical (unpaired) electrons. The molecule has 1 unspecified atom stereocenters. The van der Waals surface area contributed by atoms with Crippen LogP contribution in [-0.4, -0.2) is 23.7 Å². The third kappa shape index (κ3) is 4.91. The van der Waals surface area contributed by atoms with E-state index in [-0.39, 0.29) is 18.5 Å². The number of aryl methyl sites for hydroxylation is 1. The Labute approximate surface area is 119 Å². The molecule has 0 aliphatic heterocycles. The minimum atomic E-state index is -0.895. The van der Waals surface area contributed by atoms with Crippen LogP contribution in [0.4, 0.5) is 10.5 Å². The highest BCUT2D eigenvalue weighted by atomic mass is 16.4. The van der Waals surface area contributed by atoms with Gasteiger partial charge in [-0.25, -0.2) is 4.79 Å². The van der Waals surface area contributed by atoms with E-state index in [0.29, 0.717) is 5.69 Å². The van der Waals surface area contributed by atoms with Gasteiger partial charge in [-0.2, -0.15) is 0 Å². The molecule has 0 bridgehead atoms. The molecular weight excluding hydrogens is 256 g/mol. The van der Waals surface area contributed by atoms with Crippen LogP contribution in [0, 0.1) is 11.8 Å². The van der Waals surface area contributed by atoms with E-state index < -0.39 is 11.9 Å². The van der Waals surface area contributed by atoms with Crippen LogP contribution in [0.15, 0.2) is 24.3 Å². The number of carbonyl (C=O) groups excluding carboxylic acids is 1. The van der Waals surface area contributed by atoms with Crippen molar-refractivity contribution in [3.8, 4) is 0 Å². The van der Waals surface area contributed by atoms with E-state index in [1.165, 1.54) is 0 Å². The predicted molar refractivity (Wildman–Crippen MR) is 78.8 cm³/mol. The Morgan fingerprint density at radius 2 is 2.00 bits per heavy atom. The maximum Gasteiger partial charge on any atom is 0.319 e. The third-order valence-corrected chi connectivity index (χ3v) is 3.20. The molecule has 0 aliphatic rings. The Bertz CT molecular complexity index is 472. The van der Waals surface area contributed by atoms with Crippen molar-refractivity contribution in [3.63, 3.8) is 0 Å². The number of amides is 2. The topological polar surface area (TPSA) is 78.4 Å². The first-order valence-corrected chi connectivity index (χ1v) is 6.80. The number of carboxylic acids is 1. The number of hydrogen-bond donors (Lipinski definition) is 3. The Hall–Kier alpha value is -2.04. The molecule has 5 nitrogen and oxygen atoms in total. The van der Waals surface area contributed by atoms with E-state index in [9.17, 15) is 9.59 Å². The number of anilines is 1. The van der Waals surface area contributed by atoms with Gasteiger partial charge in [0, 0.05) is 12.2 Å². The Morgan fingerprint density at radius 3 is 2.55 bits per heavy atom. The lowest BCUT2D eigenvalue weighted by atomic mass is 9.96. The average molecular weight is 278 g/mol. The number of carboxylic acid groups (broad SMARTS) is 1. The van der Waals surface area contributed by atoms with Crippen LogP contribution >= 0.6 is 0 Å². The van der Waals surface area contributed by atoms with Crippen LogP contribution in [0.1, 0.15) is 26.3 Å². The van der Waals surface area contributed by atoms with Crippen LogP contribution in [0.3, 0.4) is 0 Å². The fourth-order valence-electron chi connectivity index (χ4n) is 1.86. The summed E-state index contributed by atoms with van der Waals surface area (Å²) in [5, 5.41) is 14.4. The second-order valence-corrected chi connectivity index (χ2v) is 5.08. The lowest BCUT2D eigenvalue weighted by molar-refractivity contribution is -0.142. The minimum Gasteiger partial charge on any atom is -0.481 e. The van der Waals surface area contributed by atoms with Gasteiger partial charge in [-0.05, 0) is 30.0 Å². The predicted octanol–water partition coefficient (Wildman–Crippen LogP) is 2.73. The molecular formula is C15H22N2O3. The summed E-state index contributed by atoms with van der Waals surface area (Å²) in [6.45, 7) is 5.80. The highest BCUT2D eigenvalue weighted by Crippen LogP contribution is 2.12. The molecule has 5 heteroatoms. The van der Waals surface area contributed by atoms with E-state index in [1.807, 2.05) is 39.0 Å². The monoisotopic (exact) mass is 278 g/mol. The second kappa shape index (κ2) is 7.53. The quantitative estimate of drug-likeness (QED) is 0.748. The van der Waals surface area contributed by atoms with Gasteiger partial charge in [-0.1, -0.05) is 32.9 Å². The van der Waals surface area contributed by atoms with Crippen LogP contribution in [-0.2, 0) is 11.2 Å². The van der Waals surface area contributed by atoms with Gasteiger partial charge >= 0.3 is 12.0 Å². The van der Waals surface area contributed by atoms with E-state index >= 15 is 0 Å². The molecule has 3 N–H and O–H groups in total. The molecule has 0 saturated heterocycles. The van der Waals surface area contributed by atoms with Gasteiger partial charge < -0.3 is 15.7 Å². The zero-order chi connectivity index (χ0) is 15.1. The molecule has 0 aromatic heterocycles. The summed E-state index contributed by atoms with van der Waals surface area (Å²) in [6, 6.07) is 7.18. The highest BCUT2D eigenvalue weighted by Gasteiger charge is 2.21. The summed E-state index contributed by atoms with van der Waals surface area (Å²) in [6.07, 6.45) is 0.894. The van der Waals surface area contributed by atoms with Crippen molar-refractivity contribution in [2.45, 2.75) is 27.2 Å². The first-order valence-electron chi connectivity index (χ1n) is 6.80. The van der Waals surface area contributed by atoms with E-state index in [0.717, 1.165) is 12.0 Å². The molecule has 0 aliphatic carbocycles. The molecule has 0 heterocycles. The molecule has 20 heavy (non-hydrogen) atoms. The van der Waals surface area contributed by atoms with Crippen molar-refractivity contribution >= 4 is 17.7 Å². The van der Waals surface area contributed by atoms with Gasteiger partial charge in [0.1, 0.15) is 0 Å². The molecule has 2 amide bonds. The number of carbonyl (C=O) groups is 2. The summed E-state index contributed by atoms with van der Waals surface area (Å²) in [4.78, 5) is 22.8. The van der Waals surface area contributed by atoms with Crippen molar-refractivity contribution in [1.82, 2.24) is 5.32 Å². The van der Waals surface area contributed by atoms with Crippen molar-refractivity contribution < 1.29 is 14.7 Å². The largest absolute Gasteiger partial charge is 0.481 e. The Morgan fingerprint density at radius 1 is 1.30 bits per heavy atom. The number of nitrogens with one attached hydrogen (secondary N) is 2. The second-order valence-electron chi connectivity index (χ2n) is 5.08. The maximum atomic E-state index is 11.7. The molecule has 1 aromatic carbocycles. The Balaban J connectivity index is 2.53. The third-order valence-electron chi connectivity index (χ3n) is 3.20. The van der Waals surface area contributed by atoms with Gasteiger partial charge in [0.15, 0.2) is 0 Å². The van der Waals surface area contributed by atoms with Gasteiger partial charge in [0.2, 0.25) is 0 Å². The average Bonchev–Trinajstić information content (AvgIpc) is 2.38. The highest BCUT2D eigenvalue weighted by molar-refractivity contribution is 5.89. The van der Waals surface area contributed by atoms with E-state index in [1.54, 1.807) is 6.07 Å². The zero-order valence-electron chi connectivity index (χ0n) is 12.1. The standard InChI is InChI=1S/C15H22N2O3/c1-4-11-6-5-7-12(8-11)17-15(20)16-9-13(10(2)3)14(18)19/h5-8,10,13H,4,9H2,1-3H3,(H,18,19)(H2,16,17,20). The fourth-order valence-corrected chi connectivity index (χ4v) is 1.86. The molecule has 0 fully saturated rings. The normalized spacial score (nSPS) is 12.0. The van der Waals surface area contributed by atoms with Gasteiger partial charge in [-0.3, -0.25) is 4.79 Å². The van der Waals surface area contributed by atoms with Gasteiger partial charge in [-0.15, -0.1) is 0 Å². The summed E-state index contributed by atoms with van der Waals surface area (Å²) in [7, 11) is 0.